The topological polar surface area (TPSA) is 91.4 Å². The zero-order valence-corrected chi connectivity index (χ0v) is 8.90. The number of aliphatic hydroxyl groups excluding tert-OH is 1. The lowest BCUT2D eigenvalue weighted by Crippen LogP contribution is -2.40. The predicted octanol–water partition coefficient (Wildman–Crippen LogP) is -0.888. The van der Waals surface area contributed by atoms with Crippen LogP contribution >= 0.6 is 0 Å². The Morgan fingerprint density at radius 2 is 2.38 bits per heavy atom. The molecular weight excluding hydrogens is 212 g/mol. The molecule has 1 amide bonds. The Bertz CT molecular complexity index is 382. The molecule has 0 aliphatic carbocycles. The number of H-pyrrole nitrogens is 1. The van der Waals surface area contributed by atoms with Crippen molar-refractivity contribution >= 4 is 5.91 Å². The van der Waals surface area contributed by atoms with E-state index in [0.717, 1.165) is 0 Å². The molecule has 0 bridgehead atoms. The minimum absolute atomic E-state index is 0.205. The van der Waals surface area contributed by atoms with E-state index in [2.05, 4.69) is 10.3 Å². The number of pyridine rings is 1. The number of methoxy groups -OCH3 is 1. The lowest BCUT2D eigenvalue weighted by Gasteiger charge is -2.14. The molecule has 6 nitrogen and oxygen atoms in total. The number of aromatic nitrogens is 1. The zero-order valence-electron chi connectivity index (χ0n) is 8.90. The second-order valence-corrected chi connectivity index (χ2v) is 3.25. The maximum Gasteiger partial charge on any atom is 0.253 e. The predicted molar refractivity (Wildman–Crippen MR) is 57.3 cm³/mol. The van der Waals surface area contributed by atoms with E-state index in [0.29, 0.717) is 5.56 Å². The van der Waals surface area contributed by atoms with Crippen LogP contribution in [0.25, 0.3) is 0 Å². The normalized spacial score (nSPS) is 12.1. The van der Waals surface area contributed by atoms with E-state index in [-0.39, 0.29) is 24.7 Å². The summed E-state index contributed by atoms with van der Waals surface area (Å²) in [5.41, 5.74) is 0.0568. The molecule has 1 aromatic heterocycles. The molecule has 1 aromatic rings. The fourth-order valence-electron chi connectivity index (χ4n) is 1.16. The van der Waals surface area contributed by atoms with Gasteiger partial charge in [-0.15, -0.1) is 0 Å². The van der Waals surface area contributed by atoms with E-state index in [4.69, 9.17) is 9.84 Å². The highest BCUT2D eigenvalue weighted by Crippen LogP contribution is 1.94. The summed E-state index contributed by atoms with van der Waals surface area (Å²) in [5, 5.41) is 11.5. The number of aromatic amines is 1. The maximum absolute atomic E-state index is 11.6. The first-order chi connectivity index (χ1) is 7.67. The molecule has 6 heteroatoms. The molecule has 0 saturated carbocycles. The SMILES string of the molecule is COCC(CO)NC(=O)c1ccc(=O)[nH]c1. The van der Waals surface area contributed by atoms with Crippen molar-refractivity contribution in [3.8, 4) is 0 Å². The number of amides is 1. The molecule has 1 rings (SSSR count). The van der Waals surface area contributed by atoms with Gasteiger partial charge < -0.3 is 20.1 Å². The molecule has 0 aromatic carbocycles. The maximum atomic E-state index is 11.6. The first kappa shape index (κ1) is 12.4. The highest BCUT2D eigenvalue weighted by molar-refractivity contribution is 5.94. The fraction of sp³-hybridized carbons (Fsp3) is 0.400. The van der Waals surface area contributed by atoms with Crippen LogP contribution in [0.4, 0.5) is 0 Å². The van der Waals surface area contributed by atoms with Crippen molar-refractivity contribution in [3.63, 3.8) is 0 Å². The Balaban J connectivity index is 2.64. The van der Waals surface area contributed by atoms with Gasteiger partial charge >= 0.3 is 0 Å². The Hall–Kier alpha value is -1.66. The number of hydrogen-bond donors (Lipinski definition) is 3. The quantitative estimate of drug-likeness (QED) is 0.607. The monoisotopic (exact) mass is 226 g/mol. The molecule has 1 unspecified atom stereocenters. The molecular formula is C10H14N2O4. The van der Waals surface area contributed by atoms with Gasteiger partial charge in [-0.2, -0.15) is 0 Å². The van der Waals surface area contributed by atoms with Crippen LogP contribution in [0.15, 0.2) is 23.1 Å². The van der Waals surface area contributed by atoms with Gasteiger partial charge in [-0.3, -0.25) is 9.59 Å². The van der Waals surface area contributed by atoms with Gasteiger partial charge in [-0.1, -0.05) is 0 Å². The van der Waals surface area contributed by atoms with Crippen molar-refractivity contribution < 1.29 is 14.6 Å². The Morgan fingerprint density at radius 1 is 1.62 bits per heavy atom. The third-order valence-corrected chi connectivity index (χ3v) is 1.97. The summed E-state index contributed by atoms with van der Waals surface area (Å²) >= 11 is 0. The van der Waals surface area contributed by atoms with Gasteiger partial charge in [0.25, 0.3) is 5.91 Å². The molecule has 3 N–H and O–H groups in total. The second-order valence-electron chi connectivity index (χ2n) is 3.25. The van der Waals surface area contributed by atoms with Gasteiger partial charge in [0.1, 0.15) is 0 Å². The van der Waals surface area contributed by atoms with Gasteiger partial charge in [-0.25, -0.2) is 0 Å². The highest BCUT2D eigenvalue weighted by Gasteiger charge is 2.12. The standard InChI is InChI=1S/C10H14N2O4/c1-16-6-8(5-13)12-10(15)7-2-3-9(14)11-4-7/h2-4,8,13H,5-6H2,1H3,(H,11,14)(H,12,15). The summed E-state index contributed by atoms with van der Waals surface area (Å²) in [6.45, 7) is 0.0223. The van der Waals surface area contributed by atoms with Gasteiger partial charge in [0, 0.05) is 19.4 Å². The minimum atomic E-state index is -0.454. The van der Waals surface area contributed by atoms with Crippen LogP contribution in [0.2, 0.25) is 0 Å². The molecule has 0 aliphatic heterocycles. The largest absolute Gasteiger partial charge is 0.394 e. The molecule has 1 atom stereocenters. The number of ether oxygens (including phenoxy) is 1. The first-order valence-corrected chi connectivity index (χ1v) is 4.76. The average molecular weight is 226 g/mol. The average Bonchev–Trinajstić information content (AvgIpc) is 2.29. The van der Waals surface area contributed by atoms with Crippen molar-refractivity contribution in [2.45, 2.75) is 6.04 Å². The van der Waals surface area contributed by atoms with E-state index < -0.39 is 6.04 Å². The van der Waals surface area contributed by atoms with Crippen molar-refractivity contribution in [3.05, 3.63) is 34.2 Å². The van der Waals surface area contributed by atoms with E-state index in [1.165, 1.54) is 25.4 Å². The van der Waals surface area contributed by atoms with Gasteiger partial charge in [-0.05, 0) is 6.07 Å². The lowest BCUT2D eigenvalue weighted by atomic mass is 10.2. The van der Waals surface area contributed by atoms with E-state index in [9.17, 15) is 9.59 Å². The molecule has 1 heterocycles. The highest BCUT2D eigenvalue weighted by atomic mass is 16.5. The van der Waals surface area contributed by atoms with Gasteiger partial charge in [0.2, 0.25) is 5.56 Å². The summed E-state index contributed by atoms with van der Waals surface area (Å²) in [5.74, 6) is -0.368. The molecule has 0 radical (unpaired) electrons. The van der Waals surface area contributed by atoms with E-state index in [1.54, 1.807) is 0 Å². The van der Waals surface area contributed by atoms with Crippen LogP contribution in [-0.2, 0) is 4.74 Å². The lowest BCUT2D eigenvalue weighted by molar-refractivity contribution is 0.0839. The number of hydrogen-bond acceptors (Lipinski definition) is 4. The van der Waals surface area contributed by atoms with Crippen LogP contribution in [0.3, 0.4) is 0 Å². The molecule has 0 fully saturated rings. The fourth-order valence-corrected chi connectivity index (χ4v) is 1.16. The molecule has 0 aliphatic rings. The summed E-state index contributed by atoms with van der Waals surface area (Å²) in [6, 6.07) is 2.22. The van der Waals surface area contributed by atoms with Crippen LogP contribution in [-0.4, -0.2) is 42.4 Å². The number of carbonyl (C=O) groups is 1. The van der Waals surface area contributed by atoms with Crippen LogP contribution in [0, 0.1) is 0 Å². The van der Waals surface area contributed by atoms with Crippen molar-refractivity contribution in [1.29, 1.82) is 0 Å². The Morgan fingerprint density at radius 3 is 2.88 bits per heavy atom. The third-order valence-electron chi connectivity index (χ3n) is 1.97. The van der Waals surface area contributed by atoms with Gasteiger partial charge in [0.05, 0.1) is 24.8 Å². The number of nitrogens with one attached hydrogen (secondary N) is 2. The zero-order chi connectivity index (χ0) is 12.0. The van der Waals surface area contributed by atoms with Crippen LogP contribution in [0.1, 0.15) is 10.4 Å². The number of carbonyl (C=O) groups excluding carboxylic acids is 1. The van der Waals surface area contributed by atoms with Crippen molar-refractivity contribution in [1.82, 2.24) is 10.3 Å². The van der Waals surface area contributed by atoms with Crippen LogP contribution < -0.4 is 10.9 Å². The Kier molecular flexibility index (Phi) is 4.68. The van der Waals surface area contributed by atoms with Crippen molar-refractivity contribution in [2.75, 3.05) is 20.3 Å². The smallest absolute Gasteiger partial charge is 0.253 e. The summed E-state index contributed by atoms with van der Waals surface area (Å²) in [4.78, 5) is 24.8. The second kappa shape index (κ2) is 6.04. The number of rotatable bonds is 5. The van der Waals surface area contributed by atoms with Crippen LogP contribution in [0.5, 0.6) is 0 Å². The summed E-state index contributed by atoms with van der Waals surface area (Å²) < 4.78 is 4.82. The molecule has 16 heavy (non-hydrogen) atoms. The van der Waals surface area contributed by atoms with E-state index in [1.807, 2.05) is 0 Å². The molecule has 0 spiro atoms. The van der Waals surface area contributed by atoms with Crippen molar-refractivity contribution in [2.24, 2.45) is 0 Å². The third kappa shape index (κ3) is 3.48. The first-order valence-electron chi connectivity index (χ1n) is 4.76. The Labute approximate surface area is 92.3 Å². The summed E-state index contributed by atoms with van der Waals surface area (Å²) in [6.07, 6.45) is 1.32. The molecule has 88 valence electrons. The summed E-state index contributed by atoms with van der Waals surface area (Å²) in [7, 11) is 1.48. The molecule has 0 saturated heterocycles. The number of aliphatic hydroxyl groups is 1. The van der Waals surface area contributed by atoms with E-state index >= 15 is 0 Å². The van der Waals surface area contributed by atoms with Gasteiger partial charge in [0.15, 0.2) is 0 Å². The minimum Gasteiger partial charge on any atom is -0.394 e.